The standard InChI is InChI=1S/C19H38O4/c1-16(20)15-19(5,6)23-22-17(21)13-11-9-7-8-10-12-14-18(2,3)4/h16,20H,7-15H2,1-6H3. The van der Waals surface area contributed by atoms with Gasteiger partial charge in [-0.3, -0.25) is 4.89 Å². The van der Waals surface area contributed by atoms with E-state index in [1.807, 2.05) is 0 Å². The third-order valence-electron chi connectivity index (χ3n) is 3.70. The highest BCUT2D eigenvalue weighted by Crippen LogP contribution is 2.22. The summed E-state index contributed by atoms with van der Waals surface area (Å²) < 4.78 is 0. The van der Waals surface area contributed by atoms with Gasteiger partial charge in [-0.15, -0.1) is 0 Å². The van der Waals surface area contributed by atoms with Crippen molar-refractivity contribution >= 4 is 5.97 Å². The summed E-state index contributed by atoms with van der Waals surface area (Å²) in [6.45, 7) is 12.1. The Morgan fingerprint density at radius 1 is 0.957 bits per heavy atom. The molecule has 0 saturated heterocycles. The van der Waals surface area contributed by atoms with E-state index in [1.54, 1.807) is 20.8 Å². The van der Waals surface area contributed by atoms with Crippen molar-refractivity contribution in [1.82, 2.24) is 0 Å². The molecule has 0 aliphatic carbocycles. The molecule has 4 heteroatoms. The molecule has 0 radical (unpaired) electrons. The van der Waals surface area contributed by atoms with Crippen molar-refractivity contribution in [2.45, 2.75) is 111 Å². The molecular formula is C19H38O4. The zero-order valence-corrected chi connectivity index (χ0v) is 16.1. The lowest BCUT2D eigenvalue weighted by molar-refractivity contribution is -0.328. The highest BCUT2D eigenvalue weighted by molar-refractivity contribution is 5.68. The maximum Gasteiger partial charge on any atom is 0.342 e. The summed E-state index contributed by atoms with van der Waals surface area (Å²) in [5, 5.41) is 9.34. The molecule has 0 aliphatic heterocycles. The largest absolute Gasteiger partial charge is 0.393 e. The zero-order chi connectivity index (χ0) is 17.9. The molecule has 0 aromatic rings. The Bertz CT molecular complexity index is 316. The number of carbonyl (C=O) groups is 1. The van der Waals surface area contributed by atoms with E-state index in [0.717, 1.165) is 12.8 Å². The molecule has 4 nitrogen and oxygen atoms in total. The number of aliphatic hydroxyl groups is 1. The van der Waals surface area contributed by atoms with E-state index < -0.39 is 11.7 Å². The number of aliphatic hydroxyl groups excluding tert-OH is 1. The number of unbranched alkanes of at least 4 members (excludes halogenated alkanes) is 5. The van der Waals surface area contributed by atoms with Crippen molar-refractivity contribution in [3.05, 3.63) is 0 Å². The third-order valence-corrected chi connectivity index (χ3v) is 3.70. The van der Waals surface area contributed by atoms with Gasteiger partial charge in [-0.05, 0) is 39.0 Å². The number of hydrogen-bond acceptors (Lipinski definition) is 4. The van der Waals surface area contributed by atoms with Gasteiger partial charge in [0.25, 0.3) is 0 Å². The van der Waals surface area contributed by atoms with Gasteiger partial charge in [0.1, 0.15) is 5.60 Å². The Hall–Kier alpha value is -0.610. The molecule has 0 rings (SSSR count). The minimum absolute atomic E-state index is 0.323. The normalized spacial score (nSPS) is 13.9. The monoisotopic (exact) mass is 330 g/mol. The first-order valence-electron chi connectivity index (χ1n) is 9.08. The SMILES string of the molecule is CC(O)CC(C)(C)OOC(=O)CCCCCCCCC(C)(C)C. The van der Waals surface area contributed by atoms with Crippen LogP contribution < -0.4 is 0 Å². The first-order chi connectivity index (χ1) is 10.5. The van der Waals surface area contributed by atoms with E-state index in [9.17, 15) is 9.90 Å². The fourth-order valence-corrected chi connectivity index (χ4v) is 2.58. The molecule has 138 valence electrons. The highest BCUT2D eigenvalue weighted by atomic mass is 17.2. The van der Waals surface area contributed by atoms with Crippen LogP contribution in [0.1, 0.15) is 99.3 Å². The van der Waals surface area contributed by atoms with Gasteiger partial charge in [0.05, 0.1) is 6.10 Å². The lowest BCUT2D eigenvalue weighted by Crippen LogP contribution is -2.30. The van der Waals surface area contributed by atoms with Gasteiger partial charge >= 0.3 is 5.97 Å². The predicted molar refractivity (Wildman–Crippen MR) is 93.9 cm³/mol. The Morgan fingerprint density at radius 2 is 1.48 bits per heavy atom. The number of hydrogen-bond donors (Lipinski definition) is 1. The molecule has 0 amide bonds. The van der Waals surface area contributed by atoms with Crippen LogP contribution in [0.15, 0.2) is 0 Å². The van der Waals surface area contributed by atoms with Crippen LogP contribution in [0.3, 0.4) is 0 Å². The van der Waals surface area contributed by atoms with Gasteiger partial charge in [-0.1, -0.05) is 52.9 Å². The molecule has 0 heterocycles. The first-order valence-corrected chi connectivity index (χ1v) is 9.08. The van der Waals surface area contributed by atoms with Crippen LogP contribution in [0.25, 0.3) is 0 Å². The van der Waals surface area contributed by atoms with E-state index in [-0.39, 0.29) is 5.97 Å². The Kier molecular flexibility index (Phi) is 10.7. The molecule has 0 aromatic carbocycles. The Morgan fingerprint density at radius 3 is 2.00 bits per heavy atom. The molecule has 23 heavy (non-hydrogen) atoms. The lowest BCUT2D eigenvalue weighted by Gasteiger charge is -2.23. The smallest absolute Gasteiger partial charge is 0.342 e. The molecule has 0 aromatic heterocycles. The van der Waals surface area contributed by atoms with E-state index in [2.05, 4.69) is 20.8 Å². The molecular weight excluding hydrogens is 292 g/mol. The van der Waals surface area contributed by atoms with Gasteiger partial charge < -0.3 is 5.11 Å². The molecule has 0 saturated carbocycles. The van der Waals surface area contributed by atoms with Crippen LogP contribution in [0.4, 0.5) is 0 Å². The van der Waals surface area contributed by atoms with Crippen molar-refractivity contribution in [2.24, 2.45) is 5.41 Å². The van der Waals surface area contributed by atoms with E-state index in [4.69, 9.17) is 9.78 Å². The molecule has 1 atom stereocenters. The van der Waals surface area contributed by atoms with E-state index in [0.29, 0.717) is 18.3 Å². The van der Waals surface area contributed by atoms with Crippen LogP contribution in [0.2, 0.25) is 0 Å². The number of carbonyl (C=O) groups excluding carboxylic acids is 1. The molecule has 0 aliphatic rings. The van der Waals surface area contributed by atoms with E-state index in [1.165, 1.54) is 32.1 Å². The molecule has 1 N–H and O–H groups in total. The van der Waals surface area contributed by atoms with Gasteiger partial charge in [-0.25, -0.2) is 4.79 Å². The topological polar surface area (TPSA) is 55.8 Å². The van der Waals surface area contributed by atoms with Crippen LogP contribution in [-0.2, 0) is 14.6 Å². The van der Waals surface area contributed by atoms with Gasteiger partial charge in [0.2, 0.25) is 0 Å². The van der Waals surface area contributed by atoms with Crippen molar-refractivity contribution in [2.75, 3.05) is 0 Å². The van der Waals surface area contributed by atoms with Crippen LogP contribution in [0, 0.1) is 5.41 Å². The Balaban J connectivity index is 3.54. The van der Waals surface area contributed by atoms with Crippen LogP contribution in [0.5, 0.6) is 0 Å². The van der Waals surface area contributed by atoms with Crippen molar-refractivity contribution in [1.29, 1.82) is 0 Å². The number of rotatable bonds is 12. The summed E-state index contributed by atoms with van der Waals surface area (Å²) in [6, 6.07) is 0. The van der Waals surface area contributed by atoms with Crippen LogP contribution in [-0.4, -0.2) is 22.8 Å². The van der Waals surface area contributed by atoms with Crippen molar-refractivity contribution in [3.63, 3.8) is 0 Å². The summed E-state index contributed by atoms with van der Waals surface area (Å²) in [7, 11) is 0. The second kappa shape index (κ2) is 11.0. The maximum absolute atomic E-state index is 11.6. The van der Waals surface area contributed by atoms with Crippen molar-refractivity contribution < 1.29 is 19.7 Å². The van der Waals surface area contributed by atoms with Gasteiger partial charge in [0, 0.05) is 12.8 Å². The summed E-state index contributed by atoms with van der Waals surface area (Å²) in [6.07, 6.45) is 8.49. The van der Waals surface area contributed by atoms with Crippen molar-refractivity contribution in [3.8, 4) is 0 Å². The lowest BCUT2D eigenvalue weighted by atomic mass is 9.89. The van der Waals surface area contributed by atoms with Gasteiger partial charge in [-0.2, -0.15) is 4.89 Å². The van der Waals surface area contributed by atoms with Gasteiger partial charge in [0.15, 0.2) is 0 Å². The molecule has 0 bridgehead atoms. The second-order valence-electron chi connectivity index (χ2n) is 8.53. The average Bonchev–Trinajstić information content (AvgIpc) is 2.37. The zero-order valence-electron chi connectivity index (χ0n) is 16.1. The average molecular weight is 331 g/mol. The summed E-state index contributed by atoms with van der Waals surface area (Å²) in [5.74, 6) is -0.323. The molecule has 0 spiro atoms. The van der Waals surface area contributed by atoms with E-state index >= 15 is 0 Å². The molecule has 0 fully saturated rings. The minimum Gasteiger partial charge on any atom is -0.393 e. The highest BCUT2D eigenvalue weighted by Gasteiger charge is 2.24. The summed E-state index contributed by atoms with van der Waals surface area (Å²) in [5.41, 5.74) is -0.220. The summed E-state index contributed by atoms with van der Waals surface area (Å²) >= 11 is 0. The minimum atomic E-state index is -0.656. The summed E-state index contributed by atoms with van der Waals surface area (Å²) in [4.78, 5) is 21.6. The third kappa shape index (κ3) is 16.0. The van der Waals surface area contributed by atoms with Crippen LogP contribution >= 0.6 is 0 Å². The quantitative estimate of drug-likeness (QED) is 0.304. The predicted octanol–water partition coefficient (Wildman–Crippen LogP) is 5.18. The Labute approximate surface area is 142 Å². The fraction of sp³-hybridized carbons (Fsp3) is 0.947. The second-order valence-corrected chi connectivity index (χ2v) is 8.53. The molecule has 1 unspecified atom stereocenters. The first kappa shape index (κ1) is 22.4. The maximum atomic E-state index is 11.6. The fourth-order valence-electron chi connectivity index (χ4n) is 2.58.